The fourth-order valence-corrected chi connectivity index (χ4v) is 3.91. The summed E-state index contributed by atoms with van der Waals surface area (Å²) < 4.78 is 40.0. The number of carbonyl (C=O) groups is 1. The van der Waals surface area contributed by atoms with E-state index in [2.05, 4.69) is 4.40 Å². The number of rotatable bonds is 6. The van der Waals surface area contributed by atoms with Gasteiger partial charge in [-0.05, 0) is 37.6 Å². The Bertz CT molecular complexity index is 844. The van der Waals surface area contributed by atoms with Gasteiger partial charge in [-0.3, -0.25) is 0 Å². The van der Waals surface area contributed by atoms with Gasteiger partial charge < -0.3 is 14.6 Å². The van der Waals surface area contributed by atoms with Gasteiger partial charge in [0.1, 0.15) is 5.70 Å². The summed E-state index contributed by atoms with van der Waals surface area (Å²) in [4.78, 5) is 11.6. The van der Waals surface area contributed by atoms with Crippen molar-refractivity contribution in [2.45, 2.75) is 26.3 Å². The highest BCUT2D eigenvalue weighted by Crippen LogP contribution is 2.30. The lowest BCUT2D eigenvalue weighted by Gasteiger charge is -2.30. The molecule has 0 bridgehead atoms. The molecule has 0 unspecified atom stereocenters. The lowest BCUT2D eigenvalue weighted by Crippen LogP contribution is -2.41. The van der Waals surface area contributed by atoms with Crippen LogP contribution in [0.25, 0.3) is 0 Å². The fraction of sp³-hybridized carbons (Fsp3) is 0.375. The Morgan fingerprint density at radius 3 is 2.44 bits per heavy atom. The molecule has 1 aromatic rings. The van der Waals surface area contributed by atoms with Crippen molar-refractivity contribution in [2.24, 2.45) is 4.40 Å². The van der Waals surface area contributed by atoms with Gasteiger partial charge in [-0.1, -0.05) is 6.92 Å². The topological polar surface area (TPSA) is 106 Å². The maximum atomic E-state index is 12.5. The van der Waals surface area contributed by atoms with Crippen molar-refractivity contribution in [3.05, 3.63) is 35.5 Å². The summed E-state index contributed by atoms with van der Waals surface area (Å²) in [5.74, 6) is -0.485. The number of ether oxygens (including phenoxy) is 2. The van der Waals surface area contributed by atoms with Crippen molar-refractivity contribution >= 4 is 21.9 Å². The molecule has 0 spiro atoms. The van der Waals surface area contributed by atoms with Gasteiger partial charge in [-0.15, -0.1) is 4.40 Å². The third-order valence-corrected chi connectivity index (χ3v) is 5.34. The molecular formula is C16H20N2O6S. The van der Waals surface area contributed by atoms with Gasteiger partial charge in [-0.25, -0.2) is 9.10 Å². The van der Waals surface area contributed by atoms with Crippen LogP contribution in [0.15, 0.2) is 34.4 Å². The quantitative estimate of drug-likeness (QED) is 0.821. The average molecular weight is 368 g/mol. The molecule has 0 saturated carbocycles. The predicted molar refractivity (Wildman–Crippen MR) is 92.3 cm³/mol. The van der Waals surface area contributed by atoms with E-state index >= 15 is 0 Å². The zero-order valence-corrected chi connectivity index (χ0v) is 15.2. The van der Waals surface area contributed by atoms with E-state index in [-0.39, 0.29) is 11.4 Å². The highest BCUT2D eigenvalue weighted by molar-refractivity contribution is 7.88. The molecule has 0 aromatic heterocycles. The number of carboxylic acids is 1. The first kappa shape index (κ1) is 18.8. The molecule has 25 heavy (non-hydrogen) atoms. The van der Waals surface area contributed by atoms with Crippen LogP contribution in [0.1, 0.15) is 25.8 Å². The summed E-state index contributed by atoms with van der Waals surface area (Å²) in [6, 6.07) is 4.20. The van der Waals surface area contributed by atoms with Crippen LogP contribution in [0.5, 0.6) is 11.5 Å². The minimum atomic E-state index is -4.16. The Balaban J connectivity index is 2.60. The SMILES string of the molecule is CC[C@H](C)N1C(C(=O)O)=CC(c2ccc(OC)c(OC)c2)=NS1(=O)=O. The van der Waals surface area contributed by atoms with Crippen LogP contribution in [0.3, 0.4) is 0 Å². The van der Waals surface area contributed by atoms with Gasteiger partial charge in [-0.2, -0.15) is 8.42 Å². The number of hydrogen-bond donors (Lipinski definition) is 1. The maximum absolute atomic E-state index is 12.5. The fourth-order valence-electron chi connectivity index (χ4n) is 2.43. The van der Waals surface area contributed by atoms with Crippen LogP contribution in [0.2, 0.25) is 0 Å². The van der Waals surface area contributed by atoms with Crippen molar-refractivity contribution in [1.29, 1.82) is 0 Å². The number of methoxy groups -OCH3 is 2. The van der Waals surface area contributed by atoms with Gasteiger partial charge in [0, 0.05) is 11.6 Å². The summed E-state index contributed by atoms with van der Waals surface area (Å²) in [5.41, 5.74) is 0.0933. The first-order valence-corrected chi connectivity index (χ1v) is 8.96. The Kier molecular flexibility index (Phi) is 5.36. The summed E-state index contributed by atoms with van der Waals surface area (Å²) >= 11 is 0. The monoisotopic (exact) mass is 368 g/mol. The van der Waals surface area contributed by atoms with Crippen molar-refractivity contribution < 1.29 is 27.8 Å². The normalized spacial score (nSPS) is 17.4. The zero-order chi connectivity index (χ0) is 18.8. The van der Waals surface area contributed by atoms with Gasteiger partial charge in [0.15, 0.2) is 11.5 Å². The second-order valence-corrected chi connectivity index (χ2v) is 6.88. The van der Waals surface area contributed by atoms with Gasteiger partial charge >= 0.3 is 16.2 Å². The van der Waals surface area contributed by atoms with E-state index in [0.29, 0.717) is 23.5 Å². The van der Waals surface area contributed by atoms with E-state index in [1.165, 1.54) is 20.3 Å². The van der Waals surface area contributed by atoms with Crippen LogP contribution >= 0.6 is 0 Å². The molecule has 0 amide bonds. The zero-order valence-electron chi connectivity index (χ0n) is 14.4. The van der Waals surface area contributed by atoms with E-state index in [9.17, 15) is 18.3 Å². The molecule has 0 aliphatic carbocycles. The molecule has 136 valence electrons. The van der Waals surface area contributed by atoms with Crippen molar-refractivity contribution in [3.63, 3.8) is 0 Å². The van der Waals surface area contributed by atoms with Crippen molar-refractivity contribution in [3.8, 4) is 11.5 Å². The highest BCUT2D eigenvalue weighted by Gasteiger charge is 2.35. The number of aliphatic carboxylic acids is 1. The number of hydrogen-bond acceptors (Lipinski definition) is 5. The standard InChI is InChI=1S/C16H20N2O6S/c1-5-10(2)18-13(16(19)20)9-12(17-25(18,21)22)11-6-7-14(23-3)15(8-11)24-4/h6-10H,5H2,1-4H3,(H,19,20)/t10-/m0/s1. The van der Waals surface area contributed by atoms with Gasteiger partial charge in [0.25, 0.3) is 0 Å². The van der Waals surface area contributed by atoms with E-state index in [1.54, 1.807) is 32.0 Å². The number of carboxylic acid groups (broad SMARTS) is 1. The Hall–Kier alpha value is -2.55. The third kappa shape index (κ3) is 3.60. The van der Waals surface area contributed by atoms with Crippen LogP contribution in [-0.2, 0) is 15.0 Å². The van der Waals surface area contributed by atoms with Crippen LogP contribution < -0.4 is 9.47 Å². The molecule has 0 radical (unpaired) electrons. The second kappa shape index (κ2) is 7.14. The summed E-state index contributed by atoms with van der Waals surface area (Å²) in [6.45, 7) is 3.40. The van der Waals surface area contributed by atoms with E-state index in [0.717, 1.165) is 4.31 Å². The molecule has 1 N–H and O–H groups in total. The maximum Gasteiger partial charge on any atom is 0.353 e. The lowest BCUT2D eigenvalue weighted by atomic mass is 10.1. The Labute approximate surface area is 146 Å². The van der Waals surface area contributed by atoms with Crippen molar-refractivity contribution in [2.75, 3.05) is 14.2 Å². The molecule has 0 fully saturated rings. The van der Waals surface area contributed by atoms with Crippen LogP contribution in [0, 0.1) is 0 Å². The van der Waals surface area contributed by atoms with E-state index in [1.807, 2.05) is 0 Å². The molecule has 1 aliphatic heterocycles. The van der Waals surface area contributed by atoms with Crippen molar-refractivity contribution in [1.82, 2.24) is 4.31 Å². The molecule has 1 heterocycles. The predicted octanol–water partition coefficient (Wildman–Crippen LogP) is 1.82. The minimum Gasteiger partial charge on any atom is -0.493 e. The van der Waals surface area contributed by atoms with E-state index in [4.69, 9.17) is 9.47 Å². The first-order valence-electron chi connectivity index (χ1n) is 7.56. The Morgan fingerprint density at radius 2 is 1.92 bits per heavy atom. The largest absolute Gasteiger partial charge is 0.493 e. The van der Waals surface area contributed by atoms with Crippen LogP contribution in [-0.4, -0.2) is 49.8 Å². The minimum absolute atomic E-state index is 0.0258. The van der Waals surface area contributed by atoms with Gasteiger partial charge in [0.05, 0.1) is 19.9 Å². The average Bonchev–Trinajstić information content (AvgIpc) is 2.58. The molecule has 9 heteroatoms. The number of nitrogens with zero attached hydrogens (tertiary/aromatic N) is 2. The molecular weight excluding hydrogens is 348 g/mol. The smallest absolute Gasteiger partial charge is 0.353 e. The summed E-state index contributed by atoms with van der Waals surface area (Å²) in [6.07, 6.45) is 1.70. The first-order chi connectivity index (χ1) is 11.7. The molecule has 2 rings (SSSR count). The Morgan fingerprint density at radius 1 is 1.28 bits per heavy atom. The molecule has 0 saturated heterocycles. The second-order valence-electron chi connectivity index (χ2n) is 5.41. The molecule has 8 nitrogen and oxygen atoms in total. The van der Waals surface area contributed by atoms with Crippen LogP contribution in [0.4, 0.5) is 0 Å². The number of allylic oxidation sites excluding steroid dienone is 1. The third-order valence-electron chi connectivity index (χ3n) is 3.86. The highest BCUT2D eigenvalue weighted by atomic mass is 32.2. The van der Waals surface area contributed by atoms with Gasteiger partial charge in [0.2, 0.25) is 0 Å². The summed E-state index contributed by atoms with van der Waals surface area (Å²) in [7, 11) is -1.23. The van der Waals surface area contributed by atoms with E-state index < -0.39 is 22.2 Å². The lowest BCUT2D eigenvalue weighted by molar-refractivity contribution is -0.134. The molecule has 1 aliphatic rings. The molecule has 1 aromatic carbocycles. The summed E-state index contributed by atoms with van der Waals surface area (Å²) in [5, 5.41) is 9.46. The number of benzene rings is 1. The molecule has 1 atom stereocenters.